The van der Waals surface area contributed by atoms with E-state index in [1.165, 1.54) is 13.8 Å². The molecule has 10 heavy (non-hydrogen) atoms. The van der Waals surface area contributed by atoms with Gasteiger partial charge in [-0.3, -0.25) is 4.79 Å². The number of esters is 1. The van der Waals surface area contributed by atoms with E-state index in [-0.39, 0.29) is 0 Å². The number of ether oxygens (including phenoxy) is 1. The van der Waals surface area contributed by atoms with Crippen molar-refractivity contribution in [1.82, 2.24) is 0 Å². The standard InChI is InChI=1S/C6H10O4/c1-6(2,9)4(7)5(8)10-3/h9H,1-3H3. The molecule has 0 amide bonds. The highest BCUT2D eigenvalue weighted by Crippen LogP contribution is 2.02. The predicted molar refractivity (Wildman–Crippen MR) is 33.3 cm³/mol. The number of rotatable bonds is 2. The van der Waals surface area contributed by atoms with E-state index in [0.717, 1.165) is 7.11 Å². The summed E-state index contributed by atoms with van der Waals surface area (Å²) in [5.74, 6) is -1.96. The second-order valence-electron chi connectivity index (χ2n) is 2.38. The van der Waals surface area contributed by atoms with Gasteiger partial charge in [0, 0.05) is 0 Å². The first kappa shape index (κ1) is 9.10. The van der Waals surface area contributed by atoms with E-state index in [9.17, 15) is 9.59 Å². The van der Waals surface area contributed by atoms with Crippen LogP contribution < -0.4 is 0 Å². The number of carbonyl (C=O) groups excluding carboxylic acids is 2. The third-order valence-electron chi connectivity index (χ3n) is 0.926. The Kier molecular flexibility index (Phi) is 2.54. The minimum absolute atomic E-state index is 0.935. The van der Waals surface area contributed by atoms with Crippen LogP contribution in [0.5, 0.6) is 0 Å². The molecule has 4 nitrogen and oxygen atoms in total. The van der Waals surface area contributed by atoms with Gasteiger partial charge in [-0.2, -0.15) is 0 Å². The molecule has 0 saturated heterocycles. The van der Waals surface area contributed by atoms with Gasteiger partial charge in [0.25, 0.3) is 5.78 Å². The van der Waals surface area contributed by atoms with Gasteiger partial charge in [-0.25, -0.2) is 4.79 Å². The van der Waals surface area contributed by atoms with Gasteiger partial charge in [-0.1, -0.05) is 0 Å². The van der Waals surface area contributed by atoms with Crippen LogP contribution in [0.25, 0.3) is 0 Å². The predicted octanol–water partition coefficient (Wildman–Crippen LogP) is -0.501. The molecular weight excluding hydrogens is 136 g/mol. The minimum atomic E-state index is -1.63. The summed E-state index contributed by atoms with van der Waals surface area (Å²) in [5, 5.41) is 8.94. The second-order valence-corrected chi connectivity index (χ2v) is 2.38. The minimum Gasteiger partial charge on any atom is -0.463 e. The topological polar surface area (TPSA) is 63.6 Å². The van der Waals surface area contributed by atoms with E-state index in [2.05, 4.69) is 4.74 Å². The maximum Gasteiger partial charge on any atom is 0.377 e. The van der Waals surface area contributed by atoms with Crippen molar-refractivity contribution in [2.45, 2.75) is 19.4 Å². The zero-order valence-corrected chi connectivity index (χ0v) is 6.17. The third-order valence-corrected chi connectivity index (χ3v) is 0.926. The van der Waals surface area contributed by atoms with Crippen LogP contribution in [0.4, 0.5) is 0 Å². The fraction of sp³-hybridized carbons (Fsp3) is 0.667. The number of carbonyl (C=O) groups is 2. The van der Waals surface area contributed by atoms with Crippen molar-refractivity contribution < 1.29 is 19.4 Å². The molecule has 0 aromatic carbocycles. The Morgan fingerprint density at radius 2 is 1.80 bits per heavy atom. The molecule has 1 N–H and O–H groups in total. The highest BCUT2D eigenvalue weighted by molar-refractivity contribution is 6.36. The first-order valence-electron chi connectivity index (χ1n) is 2.74. The first-order chi connectivity index (χ1) is 4.39. The van der Waals surface area contributed by atoms with Crippen LogP contribution in [-0.2, 0) is 14.3 Å². The Bertz CT molecular complexity index is 154. The highest BCUT2D eigenvalue weighted by atomic mass is 16.5. The summed E-state index contributed by atoms with van der Waals surface area (Å²) in [5.41, 5.74) is -1.63. The van der Waals surface area contributed by atoms with Crippen LogP contribution >= 0.6 is 0 Å². The smallest absolute Gasteiger partial charge is 0.377 e. The van der Waals surface area contributed by atoms with Crippen LogP contribution in [0.15, 0.2) is 0 Å². The van der Waals surface area contributed by atoms with Crippen molar-refractivity contribution in [3.05, 3.63) is 0 Å². The van der Waals surface area contributed by atoms with Gasteiger partial charge in [0.15, 0.2) is 0 Å². The van der Waals surface area contributed by atoms with E-state index in [0.29, 0.717) is 0 Å². The lowest BCUT2D eigenvalue weighted by atomic mass is 10.0. The lowest BCUT2D eigenvalue weighted by molar-refractivity contribution is -0.159. The van der Waals surface area contributed by atoms with Crippen molar-refractivity contribution in [3.63, 3.8) is 0 Å². The average Bonchev–Trinajstić information content (AvgIpc) is 1.83. The van der Waals surface area contributed by atoms with E-state index in [4.69, 9.17) is 5.11 Å². The number of hydrogen-bond acceptors (Lipinski definition) is 4. The molecule has 0 aliphatic rings. The SMILES string of the molecule is COC(=O)C(=O)C(C)(C)O. The Balaban J connectivity index is 4.24. The summed E-state index contributed by atoms with van der Waals surface area (Å²) >= 11 is 0. The number of methoxy groups -OCH3 is 1. The van der Waals surface area contributed by atoms with Gasteiger partial charge in [-0.05, 0) is 13.8 Å². The maximum atomic E-state index is 10.7. The fourth-order valence-electron chi connectivity index (χ4n) is 0.342. The summed E-state index contributed by atoms with van der Waals surface area (Å²) in [7, 11) is 1.09. The van der Waals surface area contributed by atoms with Crippen LogP contribution in [-0.4, -0.2) is 29.6 Å². The summed E-state index contributed by atoms with van der Waals surface area (Å²) in [6.45, 7) is 2.46. The van der Waals surface area contributed by atoms with Crippen molar-refractivity contribution in [2.75, 3.05) is 7.11 Å². The van der Waals surface area contributed by atoms with Crippen molar-refractivity contribution >= 4 is 11.8 Å². The van der Waals surface area contributed by atoms with Crippen LogP contribution in [0.1, 0.15) is 13.8 Å². The molecule has 0 aromatic heterocycles. The van der Waals surface area contributed by atoms with Crippen LogP contribution in [0, 0.1) is 0 Å². The number of Topliss-reactive ketones (excluding diaryl/α,β-unsaturated/α-hetero) is 1. The fourth-order valence-corrected chi connectivity index (χ4v) is 0.342. The molecule has 0 aliphatic carbocycles. The molecule has 0 bridgehead atoms. The lowest BCUT2D eigenvalue weighted by Gasteiger charge is -2.12. The normalized spacial score (nSPS) is 10.8. The summed E-state index contributed by atoms with van der Waals surface area (Å²) < 4.78 is 4.09. The largest absolute Gasteiger partial charge is 0.463 e. The molecule has 0 radical (unpaired) electrons. The Morgan fingerprint density at radius 3 is 1.90 bits per heavy atom. The van der Waals surface area contributed by atoms with Gasteiger partial charge in [0.05, 0.1) is 7.11 Å². The lowest BCUT2D eigenvalue weighted by Crippen LogP contribution is -2.37. The van der Waals surface area contributed by atoms with E-state index in [1.807, 2.05) is 0 Å². The molecule has 0 atom stereocenters. The number of aliphatic hydroxyl groups is 1. The first-order valence-corrected chi connectivity index (χ1v) is 2.74. The van der Waals surface area contributed by atoms with E-state index in [1.54, 1.807) is 0 Å². The molecule has 0 aromatic rings. The van der Waals surface area contributed by atoms with E-state index >= 15 is 0 Å². The Labute approximate surface area is 58.8 Å². The van der Waals surface area contributed by atoms with Gasteiger partial charge >= 0.3 is 5.97 Å². The van der Waals surface area contributed by atoms with E-state index < -0.39 is 17.4 Å². The van der Waals surface area contributed by atoms with Gasteiger partial charge in [0.2, 0.25) is 0 Å². The zero-order chi connectivity index (χ0) is 8.36. The molecule has 0 unspecified atom stereocenters. The van der Waals surface area contributed by atoms with Gasteiger partial charge in [0.1, 0.15) is 5.60 Å². The Morgan fingerprint density at radius 1 is 1.40 bits per heavy atom. The molecule has 4 heteroatoms. The second kappa shape index (κ2) is 2.79. The molecule has 0 saturated carbocycles. The van der Waals surface area contributed by atoms with Crippen molar-refractivity contribution in [1.29, 1.82) is 0 Å². The molecular formula is C6H10O4. The molecule has 58 valence electrons. The Hall–Kier alpha value is -0.900. The number of hydrogen-bond donors (Lipinski definition) is 1. The molecule has 0 fully saturated rings. The quantitative estimate of drug-likeness (QED) is 0.421. The van der Waals surface area contributed by atoms with Crippen LogP contribution in [0.3, 0.4) is 0 Å². The molecule has 0 rings (SSSR count). The monoisotopic (exact) mass is 146 g/mol. The van der Waals surface area contributed by atoms with Crippen molar-refractivity contribution in [3.8, 4) is 0 Å². The third kappa shape index (κ3) is 2.14. The summed E-state index contributed by atoms with van der Waals surface area (Å²) in [6, 6.07) is 0. The average molecular weight is 146 g/mol. The summed E-state index contributed by atoms with van der Waals surface area (Å²) in [6.07, 6.45) is 0. The van der Waals surface area contributed by atoms with Crippen LogP contribution in [0.2, 0.25) is 0 Å². The molecule has 0 heterocycles. The summed E-state index contributed by atoms with van der Waals surface area (Å²) in [4.78, 5) is 21.1. The van der Waals surface area contributed by atoms with Crippen molar-refractivity contribution in [2.24, 2.45) is 0 Å². The number of ketones is 1. The van der Waals surface area contributed by atoms with Gasteiger partial charge < -0.3 is 9.84 Å². The zero-order valence-electron chi connectivity index (χ0n) is 6.17. The molecule has 0 spiro atoms. The van der Waals surface area contributed by atoms with Gasteiger partial charge in [-0.15, -0.1) is 0 Å². The highest BCUT2D eigenvalue weighted by Gasteiger charge is 2.30. The maximum absolute atomic E-state index is 10.7. The molecule has 0 aliphatic heterocycles.